The standard InChI is InChI=1S/C12H12BrClN4O/c1-6-11(18-15)16-7(2)17-12(6)19-10-4-3-8(13)5-9(10)14/h3-5H,15H2,1-2H3,(H,16,17,18). The van der Waals surface area contributed by atoms with Gasteiger partial charge >= 0.3 is 0 Å². The average Bonchev–Trinajstić information content (AvgIpc) is 2.36. The summed E-state index contributed by atoms with van der Waals surface area (Å²) in [5.41, 5.74) is 3.23. The van der Waals surface area contributed by atoms with E-state index in [1.807, 2.05) is 13.0 Å². The number of nitrogen functional groups attached to an aromatic ring is 1. The van der Waals surface area contributed by atoms with E-state index in [0.717, 1.165) is 4.47 Å². The van der Waals surface area contributed by atoms with Gasteiger partial charge in [-0.05, 0) is 32.0 Å². The number of anilines is 1. The van der Waals surface area contributed by atoms with E-state index in [-0.39, 0.29) is 0 Å². The number of hydrogen-bond donors (Lipinski definition) is 2. The maximum absolute atomic E-state index is 6.11. The molecular weight excluding hydrogens is 332 g/mol. The zero-order valence-corrected chi connectivity index (χ0v) is 12.7. The van der Waals surface area contributed by atoms with Gasteiger partial charge in [-0.15, -0.1) is 0 Å². The van der Waals surface area contributed by atoms with Crippen molar-refractivity contribution >= 4 is 33.3 Å². The van der Waals surface area contributed by atoms with Crippen molar-refractivity contribution in [3.63, 3.8) is 0 Å². The molecule has 0 saturated carbocycles. The molecule has 2 aromatic rings. The summed E-state index contributed by atoms with van der Waals surface area (Å²) < 4.78 is 6.60. The highest BCUT2D eigenvalue weighted by atomic mass is 79.9. The van der Waals surface area contributed by atoms with Crippen LogP contribution in [0.2, 0.25) is 5.02 Å². The van der Waals surface area contributed by atoms with E-state index in [1.54, 1.807) is 19.1 Å². The van der Waals surface area contributed by atoms with E-state index in [9.17, 15) is 0 Å². The van der Waals surface area contributed by atoms with Gasteiger partial charge in [0.25, 0.3) is 0 Å². The van der Waals surface area contributed by atoms with Crippen LogP contribution in [0.15, 0.2) is 22.7 Å². The third-order valence-corrected chi connectivity index (χ3v) is 3.24. The number of nitrogens with two attached hydrogens (primary N) is 1. The van der Waals surface area contributed by atoms with Crippen LogP contribution < -0.4 is 16.0 Å². The molecule has 0 unspecified atom stereocenters. The minimum Gasteiger partial charge on any atom is -0.437 e. The first kappa shape index (κ1) is 14.0. The van der Waals surface area contributed by atoms with Gasteiger partial charge in [0.2, 0.25) is 5.88 Å². The van der Waals surface area contributed by atoms with E-state index >= 15 is 0 Å². The van der Waals surface area contributed by atoms with Crippen LogP contribution >= 0.6 is 27.5 Å². The van der Waals surface area contributed by atoms with Crippen LogP contribution in [0, 0.1) is 13.8 Å². The largest absolute Gasteiger partial charge is 0.437 e. The first-order valence-corrected chi connectivity index (χ1v) is 6.63. The molecule has 19 heavy (non-hydrogen) atoms. The van der Waals surface area contributed by atoms with Gasteiger partial charge in [-0.2, -0.15) is 4.98 Å². The monoisotopic (exact) mass is 342 g/mol. The molecule has 0 aliphatic carbocycles. The molecule has 0 aliphatic heterocycles. The summed E-state index contributed by atoms with van der Waals surface area (Å²) in [5.74, 6) is 7.43. The summed E-state index contributed by atoms with van der Waals surface area (Å²) in [6, 6.07) is 5.36. The normalized spacial score (nSPS) is 10.4. The summed E-state index contributed by atoms with van der Waals surface area (Å²) >= 11 is 9.44. The Morgan fingerprint density at radius 2 is 2.05 bits per heavy atom. The smallest absolute Gasteiger partial charge is 0.227 e. The molecule has 0 bridgehead atoms. The second kappa shape index (κ2) is 5.73. The van der Waals surface area contributed by atoms with Gasteiger partial charge in [0.15, 0.2) is 0 Å². The van der Waals surface area contributed by atoms with Crippen LogP contribution in [-0.4, -0.2) is 9.97 Å². The molecule has 0 aliphatic rings. The number of nitrogens with zero attached hydrogens (tertiary/aromatic N) is 2. The number of ether oxygens (including phenoxy) is 1. The molecule has 3 N–H and O–H groups in total. The number of halogens is 2. The number of aromatic nitrogens is 2. The predicted molar refractivity (Wildman–Crippen MR) is 78.5 cm³/mol. The zero-order chi connectivity index (χ0) is 14.0. The number of rotatable bonds is 3. The molecular formula is C12H12BrClN4O. The fraction of sp³-hybridized carbons (Fsp3) is 0.167. The van der Waals surface area contributed by atoms with Gasteiger partial charge in [-0.3, -0.25) is 0 Å². The summed E-state index contributed by atoms with van der Waals surface area (Å²) in [5, 5.41) is 0.493. The third-order valence-electron chi connectivity index (χ3n) is 2.45. The molecule has 5 nitrogen and oxygen atoms in total. The lowest BCUT2D eigenvalue weighted by Gasteiger charge is -2.12. The molecule has 0 fully saturated rings. The molecule has 0 saturated heterocycles. The van der Waals surface area contributed by atoms with Crippen LogP contribution in [0.1, 0.15) is 11.4 Å². The lowest BCUT2D eigenvalue weighted by molar-refractivity contribution is 0.456. The lowest BCUT2D eigenvalue weighted by atomic mass is 10.3. The van der Waals surface area contributed by atoms with Gasteiger partial charge in [0.05, 0.1) is 10.6 Å². The minimum atomic E-state index is 0.421. The minimum absolute atomic E-state index is 0.421. The predicted octanol–water partition coefficient (Wildman–Crippen LogP) is 3.59. The molecule has 100 valence electrons. The van der Waals surface area contributed by atoms with Gasteiger partial charge in [0, 0.05) is 4.47 Å². The summed E-state index contributed by atoms with van der Waals surface area (Å²) in [4.78, 5) is 8.40. The van der Waals surface area contributed by atoms with Gasteiger partial charge < -0.3 is 10.2 Å². The van der Waals surface area contributed by atoms with Gasteiger partial charge in [-0.1, -0.05) is 27.5 Å². The highest BCUT2D eigenvalue weighted by Crippen LogP contribution is 2.33. The Hall–Kier alpha value is -1.37. The first-order chi connectivity index (χ1) is 9.01. The topological polar surface area (TPSA) is 73.1 Å². The van der Waals surface area contributed by atoms with Crippen molar-refractivity contribution in [2.24, 2.45) is 5.84 Å². The Morgan fingerprint density at radius 3 is 2.68 bits per heavy atom. The quantitative estimate of drug-likeness (QED) is 0.658. The average molecular weight is 344 g/mol. The summed E-state index contributed by atoms with van der Waals surface area (Å²) in [7, 11) is 0. The molecule has 0 radical (unpaired) electrons. The maximum Gasteiger partial charge on any atom is 0.227 e. The van der Waals surface area contributed by atoms with E-state index in [1.165, 1.54) is 0 Å². The van der Waals surface area contributed by atoms with Crippen LogP contribution in [0.25, 0.3) is 0 Å². The first-order valence-electron chi connectivity index (χ1n) is 5.46. The highest BCUT2D eigenvalue weighted by Gasteiger charge is 2.12. The number of hydrogen-bond acceptors (Lipinski definition) is 5. The summed E-state index contributed by atoms with van der Waals surface area (Å²) in [6.45, 7) is 3.58. The van der Waals surface area contributed by atoms with Crippen LogP contribution in [0.5, 0.6) is 11.6 Å². The lowest BCUT2D eigenvalue weighted by Crippen LogP contribution is -2.12. The number of aryl methyl sites for hydroxylation is 1. The van der Waals surface area contributed by atoms with Gasteiger partial charge in [-0.25, -0.2) is 10.8 Å². The molecule has 0 amide bonds. The van der Waals surface area contributed by atoms with Crippen molar-refractivity contribution in [3.8, 4) is 11.6 Å². The van der Waals surface area contributed by atoms with Crippen LogP contribution in [0.3, 0.4) is 0 Å². The number of hydrazine groups is 1. The van der Waals surface area contributed by atoms with E-state index in [2.05, 4.69) is 31.3 Å². The number of benzene rings is 1. The van der Waals surface area contributed by atoms with Crippen molar-refractivity contribution in [1.29, 1.82) is 0 Å². The fourth-order valence-corrected chi connectivity index (χ4v) is 2.22. The Morgan fingerprint density at radius 1 is 1.32 bits per heavy atom. The Kier molecular flexibility index (Phi) is 4.24. The third kappa shape index (κ3) is 3.15. The van der Waals surface area contributed by atoms with Crippen molar-refractivity contribution in [2.75, 3.05) is 5.43 Å². The Bertz CT molecular complexity index is 621. The molecule has 0 atom stereocenters. The second-order valence-electron chi connectivity index (χ2n) is 3.87. The number of nitrogens with one attached hydrogen (secondary N) is 1. The molecule has 7 heteroatoms. The van der Waals surface area contributed by atoms with Gasteiger partial charge in [0.1, 0.15) is 17.4 Å². The van der Waals surface area contributed by atoms with Crippen molar-refractivity contribution < 1.29 is 4.74 Å². The van der Waals surface area contributed by atoms with E-state index in [0.29, 0.717) is 33.9 Å². The fourth-order valence-electron chi connectivity index (χ4n) is 1.50. The second-order valence-corrected chi connectivity index (χ2v) is 5.19. The van der Waals surface area contributed by atoms with E-state index in [4.69, 9.17) is 22.2 Å². The van der Waals surface area contributed by atoms with Crippen LogP contribution in [0.4, 0.5) is 5.82 Å². The van der Waals surface area contributed by atoms with Crippen molar-refractivity contribution in [1.82, 2.24) is 9.97 Å². The summed E-state index contributed by atoms with van der Waals surface area (Å²) in [6.07, 6.45) is 0. The highest BCUT2D eigenvalue weighted by molar-refractivity contribution is 9.10. The Labute approximate surface area is 124 Å². The molecule has 1 aromatic heterocycles. The van der Waals surface area contributed by atoms with Crippen LogP contribution in [-0.2, 0) is 0 Å². The molecule has 0 spiro atoms. The zero-order valence-electron chi connectivity index (χ0n) is 10.4. The maximum atomic E-state index is 6.11. The van der Waals surface area contributed by atoms with Crippen molar-refractivity contribution in [3.05, 3.63) is 39.1 Å². The Balaban J connectivity index is 2.40. The molecule has 1 aromatic carbocycles. The van der Waals surface area contributed by atoms with E-state index < -0.39 is 0 Å². The molecule has 2 rings (SSSR count). The van der Waals surface area contributed by atoms with Crippen molar-refractivity contribution in [2.45, 2.75) is 13.8 Å². The molecule has 1 heterocycles. The SMILES string of the molecule is Cc1nc(NN)c(C)c(Oc2ccc(Br)cc2Cl)n1.